The number of H-pyrrole nitrogens is 1. The van der Waals surface area contributed by atoms with Gasteiger partial charge >= 0.3 is 0 Å². The highest BCUT2D eigenvalue weighted by molar-refractivity contribution is 6.09. The molecule has 2 aliphatic heterocycles. The maximum absolute atomic E-state index is 12.9. The van der Waals surface area contributed by atoms with Gasteiger partial charge < -0.3 is 31.0 Å². The highest BCUT2D eigenvalue weighted by atomic mass is 16.5. The van der Waals surface area contributed by atoms with Gasteiger partial charge in [0, 0.05) is 38.4 Å². The number of nitrogens with zero attached hydrogens (tertiary/aromatic N) is 3. The van der Waals surface area contributed by atoms with Crippen molar-refractivity contribution in [3.63, 3.8) is 0 Å². The van der Waals surface area contributed by atoms with Crippen LogP contribution in [0.4, 0.5) is 5.82 Å². The third-order valence-electron chi connectivity index (χ3n) is 5.03. The fourth-order valence-corrected chi connectivity index (χ4v) is 3.66. The quantitative estimate of drug-likeness (QED) is 0.586. The van der Waals surface area contributed by atoms with Crippen molar-refractivity contribution >= 4 is 22.8 Å². The van der Waals surface area contributed by atoms with Gasteiger partial charge in [0.15, 0.2) is 0 Å². The molecule has 4 rings (SSSR count). The van der Waals surface area contributed by atoms with Crippen LogP contribution in [0.1, 0.15) is 23.2 Å². The van der Waals surface area contributed by atoms with Crippen LogP contribution < -0.4 is 21.3 Å². The smallest absolute Gasteiger partial charge is 0.253 e. The van der Waals surface area contributed by atoms with Crippen LogP contribution in [0, 0.1) is 0 Å². The van der Waals surface area contributed by atoms with Crippen molar-refractivity contribution in [1.82, 2.24) is 25.6 Å². The lowest BCUT2D eigenvalue weighted by Crippen LogP contribution is -2.46. The number of ether oxygens (including phenoxy) is 1. The zero-order valence-electron chi connectivity index (χ0n) is 14.7. The summed E-state index contributed by atoms with van der Waals surface area (Å²) in [7, 11) is 0. The molecule has 5 N–H and O–H groups in total. The van der Waals surface area contributed by atoms with Crippen LogP contribution in [0.25, 0.3) is 11.0 Å². The van der Waals surface area contributed by atoms with Crippen molar-refractivity contribution in [1.29, 1.82) is 0 Å². The standard InChI is InChI=1S/C17H25N7O2/c18-6-12-9-24(4-5-26-12)16-14-13(8-20-15(14)21-10-22-16)17(25)23-11-2-1-3-19-7-11/h8,10-12,19H,1-7,9,18H2,(H,23,25)(H,20,21,22). The summed E-state index contributed by atoms with van der Waals surface area (Å²) in [6.45, 7) is 4.23. The maximum Gasteiger partial charge on any atom is 0.253 e. The van der Waals surface area contributed by atoms with Crippen LogP contribution in [-0.2, 0) is 4.74 Å². The molecule has 2 saturated heterocycles. The minimum atomic E-state index is -0.0929. The van der Waals surface area contributed by atoms with E-state index in [4.69, 9.17) is 10.5 Å². The van der Waals surface area contributed by atoms with Crippen molar-refractivity contribution in [3.8, 4) is 0 Å². The fourth-order valence-electron chi connectivity index (χ4n) is 3.66. The number of nitrogens with one attached hydrogen (secondary N) is 3. The number of anilines is 1. The number of nitrogens with two attached hydrogens (primary N) is 1. The van der Waals surface area contributed by atoms with Gasteiger partial charge in [-0.25, -0.2) is 9.97 Å². The number of hydrogen-bond donors (Lipinski definition) is 4. The third-order valence-corrected chi connectivity index (χ3v) is 5.03. The summed E-state index contributed by atoms with van der Waals surface area (Å²) < 4.78 is 5.65. The highest BCUT2D eigenvalue weighted by Gasteiger charge is 2.26. The Morgan fingerprint density at radius 2 is 2.38 bits per heavy atom. The number of carbonyl (C=O) groups excluding carboxylic acids is 1. The molecule has 2 aromatic heterocycles. The molecule has 0 radical (unpaired) electrons. The molecular formula is C17H25N7O2. The zero-order valence-corrected chi connectivity index (χ0v) is 14.7. The summed E-state index contributed by atoms with van der Waals surface area (Å²) in [5.41, 5.74) is 7.00. The topological polar surface area (TPSA) is 121 Å². The minimum absolute atomic E-state index is 0.0294. The second kappa shape index (κ2) is 7.56. The normalized spacial score (nSPS) is 24.0. The average molecular weight is 359 g/mol. The zero-order chi connectivity index (χ0) is 17.9. The van der Waals surface area contributed by atoms with Crippen molar-refractivity contribution in [2.24, 2.45) is 5.73 Å². The van der Waals surface area contributed by atoms with Crippen molar-refractivity contribution in [2.45, 2.75) is 25.0 Å². The lowest BCUT2D eigenvalue weighted by Gasteiger charge is -2.33. The van der Waals surface area contributed by atoms with E-state index in [1.807, 2.05) is 0 Å². The highest BCUT2D eigenvalue weighted by Crippen LogP contribution is 2.27. The number of hydrogen-bond acceptors (Lipinski definition) is 7. The first-order chi connectivity index (χ1) is 12.8. The van der Waals surface area contributed by atoms with Crippen LogP contribution in [0.15, 0.2) is 12.5 Å². The molecule has 2 aromatic rings. The predicted molar refractivity (Wildman–Crippen MR) is 98.3 cm³/mol. The molecular weight excluding hydrogens is 334 g/mol. The summed E-state index contributed by atoms with van der Waals surface area (Å²) >= 11 is 0. The molecule has 2 unspecified atom stereocenters. The Morgan fingerprint density at radius 3 is 3.19 bits per heavy atom. The van der Waals surface area contributed by atoms with Crippen LogP contribution in [0.2, 0.25) is 0 Å². The molecule has 1 amide bonds. The maximum atomic E-state index is 12.9. The van der Waals surface area contributed by atoms with Crippen LogP contribution in [0.5, 0.6) is 0 Å². The molecule has 0 bridgehead atoms. The summed E-state index contributed by atoms with van der Waals surface area (Å²) in [6, 6.07) is 0.152. The fraction of sp³-hybridized carbons (Fsp3) is 0.588. The second-order valence-electron chi connectivity index (χ2n) is 6.81. The van der Waals surface area contributed by atoms with E-state index < -0.39 is 0 Å². The molecule has 2 aliphatic rings. The van der Waals surface area contributed by atoms with E-state index in [9.17, 15) is 4.79 Å². The molecule has 0 aromatic carbocycles. The largest absolute Gasteiger partial charge is 0.373 e. The van der Waals surface area contributed by atoms with Gasteiger partial charge in [-0.15, -0.1) is 0 Å². The third kappa shape index (κ3) is 3.37. The number of aromatic amines is 1. The van der Waals surface area contributed by atoms with E-state index in [0.29, 0.717) is 37.5 Å². The lowest BCUT2D eigenvalue weighted by atomic mass is 10.1. The van der Waals surface area contributed by atoms with E-state index in [0.717, 1.165) is 37.1 Å². The summed E-state index contributed by atoms with van der Waals surface area (Å²) in [5.74, 6) is 0.662. The number of rotatable bonds is 4. The van der Waals surface area contributed by atoms with Crippen LogP contribution in [0.3, 0.4) is 0 Å². The Balaban J connectivity index is 1.62. The van der Waals surface area contributed by atoms with Gasteiger partial charge in [-0.05, 0) is 19.4 Å². The average Bonchev–Trinajstić information content (AvgIpc) is 3.13. The van der Waals surface area contributed by atoms with Gasteiger partial charge in [0.05, 0.1) is 23.7 Å². The lowest BCUT2D eigenvalue weighted by molar-refractivity contribution is 0.0464. The molecule has 4 heterocycles. The van der Waals surface area contributed by atoms with Crippen molar-refractivity contribution in [3.05, 3.63) is 18.1 Å². The molecule has 2 fully saturated rings. The summed E-state index contributed by atoms with van der Waals surface area (Å²) in [4.78, 5) is 26.8. The number of fused-ring (bicyclic) bond motifs is 1. The Morgan fingerprint density at radius 1 is 1.46 bits per heavy atom. The predicted octanol–water partition coefficient (Wildman–Crippen LogP) is -0.396. The van der Waals surface area contributed by atoms with Gasteiger partial charge in [0.2, 0.25) is 0 Å². The molecule has 0 aliphatic carbocycles. The van der Waals surface area contributed by atoms with E-state index in [2.05, 4.69) is 30.5 Å². The van der Waals surface area contributed by atoms with E-state index >= 15 is 0 Å². The molecule has 26 heavy (non-hydrogen) atoms. The van der Waals surface area contributed by atoms with E-state index in [1.165, 1.54) is 6.33 Å². The number of amides is 1. The molecule has 9 heteroatoms. The summed E-state index contributed by atoms with van der Waals surface area (Å²) in [6.07, 6.45) is 5.27. The van der Waals surface area contributed by atoms with Gasteiger partial charge in [-0.1, -0.05) is 0 Å². The van der Waals surface area contributed by atoms with Gasteiger partial charge in [0.1, 0.15) is 17.8 Å². The van der Waals surface area contributed by atoms with E-state index in [1.54, 1.807) is 6.20 Å². The Labute approximate surface area is 151 Å². The Kier molecular flexibility index (Phi) is 5.00. The molecule has 140 valence electrons. The minimum Gasteiger partial charge on any atom is -0.373 e. The SMILES string of the molecule is NCC1CN(c2ncnc3[nH]cc(C(=O)NC4CCCNC4)c23)CCO1. The van der Waals surface area contributed by atoms with Crippen LogP contribution in [-0.4, -0.2) is 72.3 Å². The number of piperidine rings is 1. The first kappa shape index (κ1) is 17.2. The Bertz CT molecular complexity index is 772. The van der Waals surface area contributed by atoms with Crippen molar-refractivity contribution < 1.29 is 9.53 Å². The van der Waals surface area contributed by atoms with Gasteiger partial charge in [0.25, 0.3) is 5.91 Å². The first-order valence-electron chi connectivity index (χ1n) is 9.16. The van der Waals surface area contributed by atoms with Crippen LogP contribution >= 0.6 is 0 Å². The number of aromatic nitrogens is 3. The number of morpholine rings is 1. The molecule has 2 atom stereocenters. The number of carbonyl (C=O) groups is 1. The summed E-state index contributed by atoms with van der Waals surface area (Å²) in [5, 5.41) is 7.20. The Hall–Kier alpha value is -2.23. The van der Waals surface area contributed by atoms with Gasteiger partial charge in [-0.2, -0.15) is 0 Å². The van der Waals surface area contributed by atoms with Gasteiger partial charge in [-0.3, -0.25) is 4.79 Å². The monoisotopic (exact) mass is 359 g/mol. The first-order valence-corrected chi connectivity index (χ1v) is 9.16. The molecule has 0 spiro atoms. The second-order valence-corrected chi connectivity index (χ2v) is 6.81. The van der Waals surface area contributed by atoms with Crippen molar-refractivity contribution in [2.75, 3.05) is 44.2 Å². The molecule has 9 nitrogen and oxygen atoms in total. The van der Waals surface area contributed by atoms with E-state index in [-0.39, 0.29) is 18.1 Å². The molecule has 0 saturated carbocycles.